The summed E-state index contributed by atoms with van der Waals surface area (Å²) in [6, 6.07) is 21.5. The van der Waals surface area contributed by atoms with Crippen LogP contribution in [0.25, 0.3) is 33.1 Å². The van der Waals surface area contributed by atoms with E-state index in [9.17, 15) is 13.2 Å². The summed E-state index contributed by atoms with van der Waals surface area (Å²) in [6.07, 6.45) is 1.51. The number of nitrogens with one attached hydrogen (secondary N) is 1. The molecule has 9 heteroatoms. The van der Waals surface area contributed by atoms with Crippen molar-refractivity contribution in [2.75, 3.05) is 5.32 Å². The summed E-state index contributed by atoms with van der Waals surface area (Å²) < 4.78 is 26.1. The van der Waals surface area contributed by atoms with Gasteiger partial charge in [-0.3, -0.25) is 4.79 Å². The maximum atomic E-state index is 13.5. The first-order valence-corrected chi connectivity index (χ1v) is 12.8. The number of hydrogen-bond acceptors (Lipinski definition) is 4. The molecule has 0 fully saturated rings. The summed E-state index contributed by atoms with van der Waals surface area (Å²) in [5.74, 6) is -0.358. The van der Waals surface area contributed by atoms with Gasteiger partial charge < -0.3 is 9.88 Å². The van der Waals surface area contributed by atoms with Crippen molar-refractivity contribution in [3.8, 4) is 11.3 Å². The van der Waals surface area contributed by atoms with Crippen molar-refractivity contribution in [3.05, 3.63) is 89.6 Å². The molecule has 2 aromatic heterocycles. The molecule has 35 heavy (non-hydrogen) atoms. The van der Waals surface area contributed by atoms with Gasteiger partial charge >= 0.3 is 0 Å². The lowest BCUT2D eigenvalue weighted by atomic mass is 10.0. The minimum atomic E-state index is -3.94. The Morgan fingerprint density at radius 3 is 2.51 bits per heavy atom. The van der Waals surface area contributed by atoms with Gasteiger partial charge in [-0.15, -0.1) is 0 Å². The Balaban J connectivity index is 1.60. The van der Waals surface area contributed by atoms with Crippen LogP contribution in [0.15, 0.2) is 83.9 Å². The van der Waals surface area contributed by atoms with E-state index in [0.717, 1.165) is 0 Å². The lowest BCUT2D eigenvalue weighted by Crippen LogP contribution is -2.13. The Kier molecular flexibility index (Phi) is 5.80. The normalized spacial score (nSPS) is 11.7. The van der Waals surface area contributed by atoms with E-state index in [4.69, 9.17) is 21.7 Å². The molecule has 0 saturated carbocycles. The van der Waals surface area contributed by atoms with Crippen LogP contribution in [0.5, 0.6) is 0 Å². The van der Waals surface area contributed by atoms with E-state index in [1.807, 2.05) is 49.4 Å². The number of amides is 1. The number of nitrogens with zero attached hydrogens (tertiary/aromatic N) is 2. The van der Waals surface area contributed by atoms with Gasteiger partial charge in [0.15, 0.2) is 0 Å². The average Bonchev–Trinajstić information content (AvgIpc) is 3.22. The molecule has 7 nitrogen and oxygen atoms in total. The molecular formula is C26H21ClN4O3S. The van der Waals surface area contributed by atoms with Gasteiger partial charge in [0, 0.05) is 45.3 Å². The van der Waals surface area contributed by atoms with Gasteiger partial charge in [0.25, 0.3) is 5.91 Å². The van der Waals surface area contributed by atoms with Crippen LogP contribution < -0.4 is 10.5 Å². The standard InChI is InChI=1S/C26H21ClN4O3S/c1-2-31-15-25(35(28,33)34)20-13-16(11-12-24(20)31)29-26(32)19-14-23(18-8-3-5-9-21(18)27)30-22-10-6-4-7-17(19)22/h3-15H,2H2,1H3,(H,29,32)(H2,28,33,34). The number of aromatic nitrogens is 2. The predicted molar refractivity (Wildman–Crippen MR) is 139 cm³/mol. The maximum absolute atomic E-state index is 13.5. The van der Waals surface area contributed by atoms with Crippen LogP contribution in [0.4, 0.5) is 5.69 Å². The number of halogens is 1. The molecule has 5 rings (SSSR count). The van der Waals surface area contributed by atoms with Crippen LogP contribution in [0.2, 0.25) is 5.02 Å². The minimum Gasteiger partial charge on any atom is -0.346 e. The summed E-state index contributed by atoms with van der Waals surface area (Å²) >= 11 is 6.39. The van der Waals surface area contributed by atoms with Crippen molar-refractivity contribution in [2.24, 2.45) is 5.14 Å². The number of hydrogen-bond donors (Lipinski definition) is 2. The van der Waals surface area contributed by atoms with Crippen LogP contribution in [-0.4, -0.2) is 23.9 Å². The number of rotatable bonds is 5. The number of fused-ring (bicyclic) bond motifs is 2. The SMILES string of the molecule is CCn1cc(S(N)(=O)=O)c2cc(NC(=O)c3cc(-c4ccccc4Cl)nc4ccccc34)ccc21. The number of primary sulfonamides is 1. The third-order valence-corrected chi connectivity index (χ3v) is 7.13. The molecule has 1 amide bonds. The van der Waals surface area contributed by atoms with Gasteiger partial charge in [0.2, 0.25) is 10.0 Å². The molecule has 0 aliphatic rings. The third-order valence-electron chi connectivity index (χ3n) is 5.86. The number of sulfonamides is 1. The molecule has 2 heterocycles. The van der Waals surface area contributed by atoms with E-state index in [1.165, 1.54) is 6.20 Å². The Morgan fingerprint density at radius 2 is 1.77 bits per heavy atom. The Hall–Kier alpha value is -3.72. The first-order valence-electron chi connectivity index (χ1n) is 10.9. The molecule has 176 valence electrons. The number of carbonyl (C=O) groups excluding carboxylic acids is 1. The van der Waals surface area contributed by atoms with Crippen LogP contribution in [0.1, 0.15) is 17.3 Å². The number of anilines is 1. The van der Waals surface area contributed by atoms with E-state index in [0.29, 0.717) is 55.9 Å². The molecule has 0 saturated heterocycles. The molecule has 3 N–H and O–H groups in total. The molecule has 0 spiro atoms. The predicted octanol–water partition coefficient (Wildman–Crippen LogP) is 5.43. The highest BCUT2D eigenvalue weighted by molar-refractivity contribution is 7.89. The molecule has 3 aromatic carbocycles. The highest BCUT2D eigenvalue weighted by Crippen LogP contribution is 2.31. The van der Waals surface area contributed by atoms with Crippen molar-refractivity contribution in [3.63, 3.8) is 0 Å². The molecule has 0 aliphatic carbocycles. The molecule has 5 aromatic rings. The summed E-state index contributed by atoms with van der Waals surface area (Å²) in [4.78, 5) is 18.2. The lowest BCUT2D eigenvalue weighted by Gasteiger charge is -2.12. The fourth-order valence-corrected chi connectivity index (χ4v) is 5.18. The molecule has 0 radical (unpaired) electrons. The van der Waals surface area contributed by atoms with Gasteiger partial charge in [0.05, 0.1) is 16.8 Å². The molecule has 0 atom stereocenters. The monoisotopic (exact) mass is 504 g/mol. The van der Waals surface area contributed by atoms with Gasteiger partial charge in [-0.1, -0.05) is 48.0 Å². The second-order valence-corrected chi connectivity index (χ2v) is 10.00. The van der Waals surface area contributed by atoms with Gasteiger partial charge in [-0.25, -0.2) is 18.5 Å². The summed E-state index contributed by atoms with van der Waals surface area (Å²) in [5, 5.41) is 9.99. The van der Waals surface area contributed by atoms with Crippen molar-refractivity contribution in [1.29, 1.82) is 0 Å². The highest BCUT2D eigenvalue weighted by Gasteiger charge is 2.19. The topological polar surface area (TPSA) is 107 Å². The summed E-state index contributed by atoms with van der Waals surface area (Å²) in [6.45, 7) is 2.48. The van der Waals surface area contributed by atoms with Crippen LogP contribution in [0.3, 0.4) is 0 Å². The highest BCUT2D eigenvalue weighted by atomic mass is 35.5. The average molecular weight is 505 g/mol. The van der Waals surface area contributed by atoms with E-state index in [-0.39, 0.29) is 10.8 Å². The van der Waals surface area contributed by atoms with Crippen LogP contribution >= 0.6 is 11.6 Å². The first-order chi connectivity index (χ1) is 16.8. The zero-order chi connectivity index (χ0) is 24.7. The Bertz CT molecular complexity index is 1730. The Labute approximate surface area is 207 Å². The van der Waals surface area contributed by atoms with Crippen molar-refractivity contribution in [1.82, 2.24) is 9.55 Å². The Morgan fingerprint density at radius 1 is 1.03 bits per heavy atom. The fourth-order valence-electron chi connectivity index (χ4n) is 4.20. The van der Waals surface area contributed by atoms with E-state index < -0.39 is 10.0 Å². The number of aryl methyl sites for hydroxylation is 1. The van der Waals surface area contributed by atoms with E-state index in [2.05, 4.69) is 5.32 Å². The molecule has 0 unspecified atom stereocenters. The van der Waals surface area contributed by atoms with E-state index >= 15 is 0 Å². The first kappa shape index (κ1) is 23.0. The second-order valence-electron chi connectivity index (χ2n) is 8.06. The number of benzene rings is 3. The number of nitrogens with two attached hydrogens (primary N) is 1. The number of pyridine rings is 1. The quantitative estimate of drug-likeness (QED) is 0.332. The van der Waals surface area contributed by atoms with Gasteiger partial charge in [0.1, 0.15) is 4.90 Å². The largest absolute Gasteiger partial charge is 0.346 e. The zero-order valence-electron chi connectivity index (χ0n) is 18.7. The van der Waals surface area contributed by atoms with E-state index in [1.54, 1.807) is 34.9 Å². The number of carbonyl (C=O) groups is 1. The van der Waals surface area contributed by atoms with Crippen LogP contribution in [0, 0.1) is 0 Å². The lowest BCUT2D eigenvalue weighted by molar-refractivity contribution is 0.102. The van der Waals surface area contributed by atoms with Crippen LogP contribution in [-0.2, 0) is 16.6 Å². The van der Waals surface area contributed by atoms with Crippen molar-refractivity contribution < 1.29 is 13.2 Å². The minimum absolute atomic E-state index is 0.0146. The smallest absolute Gasteiger partial charge is 0.256 e. The summed E-state index contributed by atoms with van der Waals surface area (Å²) in [7, 11) is -3.94. The fraction of sp³-hybridized carbons (Fsp3) is 0.0769. The van der Waals surface area contributed by atoms with Crippen molar-refractivity contribution in [2.45, 2.75) is 18.4 Å². The maximum Gasteiger partial charge on any atom is 0.256 e. The van der Waals surface area contributed by atoms with Crippen molar-refractivity contribution >= 4 is 55.0 Å². The molecule has 0 bridgehead atoms. The second kappa shape index (κ2) is 8.81. The third kappa shape index (κ3) is 4.27. The molecule has 0 aliphatic heterocycles. The van der Waals surface area contributed by atoms with Gasteiger partial charge in [-0.2, -0.15) is 0 Å². The molecular weight excluding hydrogens is 484 g/mol. The van der Waals surface area contributed by atoms with Gasteiger partial charge in [-0.05, 0) is 43.3 Å². The summed E-state index contributed by atoms with van der Waals surface area (Å²) in [5.41, 5.74) is 3.53. The zero-order valence-corrected chi connectivity index (χ0v) is 20.3. The number of para-hydroxylation sites is 1.